The standard InChI is InChI=1S/C20H17ClF3N3OS/c1-13-5-7-16(8-6-13)29-10-9-25-19(28)17-12-26-27(18(17)20(22,23)24)15-4-2-3-14(21)11-15/h2-8,11-12H,9-10H2,1H3,(H,25,28). The van der Waals surface area contributed by atoms with Crippen molar-refractivity contribution >= 4 is 29.3 Å². The fraction of sp³-hybridized carbons (Fsp3) is 0.200. The minimum Gasteiger partial charge on any atom is -0.351 e. The van der Waals surface area contributed by atoms with Crippen LogP contribution in [0.5, 0.6) is 0 Å². The molecule has 1 amide bonds. The van der Waals surface area contributed by atoms with E-state index >= 15 is 0 Å². The summed E-state index contributed by atoms with van der Waals surface area (Å²) in [4.78, 5) is 13.4. The summed E-state index contributed by atoms with van der Waals surface area (Å²) in [7, 11) is 0. The molecule has 0 aliphatic heterocycles. The van der Waals surface area contributed by atoms with E-state index in [4.69, 9.17) is 11.6 Å². The Bertz CT molecular complexity index is 1000. The van der Waals surface area contributed by atoms with Crippen molar-refractivity contribution in [2.24, 2.45) is 0 Å². The zero-order valence-electron chi connectivity index (χ0n) is 15.3. The number of carbonyl (C=O) groups is 1. The van der Waals surface area contributed by atoms with Crippen LogP contribution < -0.4 is 5.32 Å². The highest BCUT2D eigenvalue weighted by Crippen LogP contribution is 2.34. The van der Waals surface area contributed by atoms with Crippen molar-refractivity contribution < 1.29 is 18.0 Å². The van der Waals surface area contributed by atoms with Gasteiger partial charge in [-0.1, -0.05) is 35.4 Å². The molecule has 0 spiro atoms. The number of alkyl halides is 3. The zero-order chi connectivity index (χ0) is 21.0. The molecule has 0 fully saturated rings. The molecule has 9 heteroatoms. The summed E-state index contributed by atoms with van der Waals surface area (Å²) in [6.07, 6.45) is -3.84. The topological polar surface area (TPSA) is 46.9 Å². The highest BCUT2D eigenvalue weighted by Gasteiger charge is 2.40. The van der Waals surface area contributed by atoms with Crippen LogP contribution >= 0.6 is 23.4 Å². The number of hydrogen-bond acceptors (Lipinski definition) is 3. The first-order valence-corrected chi connectivity index (χ1v) is 10.0. The second kappa shape index (κ2) is 8.92. The largest absolute Gasteiger partial charge is 0.434 e. The molecule has 0 saturated heterocycles. The molecule has 29 heavy (non-hydrogen) atoms. The second-order valence-corrected chi connectivity index (χ2v) is 7.82. The molecular weight excluding hydrogens is 423 g/mol. The minimum atomic E-state index is -4.76. The maximum Gasteiger partial charge on any atom is 0.434 e. The molecule has 1 N–H and O–H groups in total. The highest BCUT2D eigenvalue weighted by atomic mass is 35.5. The number of carbonyl (C=O) groups excluding carboxylic acids is 1. The van der Waals surface area contributed by atoms with E-state index in [1.807, 2.05) is 31.2 Å². The number of rotatable bonds is 6. The van der Waals surface area contributed by atoms with Crippen LogP contribution in [-0.4, -0.2) is 28.0 Å². The minimum absolute atomic E-state index is 0.124. The smallest absolute Gasteiger partial charge is 0.351 e. The lowest BCUT2D eigenvalue weighted by Crippen LogP contribution is -2.28. The second-order valence-electron chi connectivity index (χ2n) is 6.21. The summed E-state index contributed by atoms with van der Waals surface area (Å²) in [5.74, 6) is -0.298. The van der Waals surface area contributed by atoms with Gasteiger partial charge in [-0.2, -0.15) is 18.3 Å². The van der Waals surface area contributed by atoms with E-state index in [1.54, 1.807) is 6.07 Å². The number of thioether (sulfide) groups is 1. The van der Waals surface area contributed by atoms with Crippen LogP contribution in [0.3, 0.4) is 0 Å². The lowest BCUT2D eigenvalue weighted by Gasteiger charge is -2.13. The predicted molar refractivity (Wildman–Crippen MR) is 108 cm³/mol. The van der Waals surface area contributed by atoms with Gasteiger partial charge in [-0.25, -0.2) is 4.68 Å². The number of hydrogen-bond donors (Lipinski definition) is 1. The summed E-state index contributed by atoms with van der Waals surface area (Å²) >= 11 is 7.38. The monoisotopic (exact) mass is 439 g/mol. The fourth-order valence-electron chi connectivity index (χ4n) is 2.65. The first-order valence-electron chi connectivity index (χ1n) is 8.64. The van der Waals surface area contributed by atoms with E-state index in [-0.39, 0.29) is 17.3 Å². The average molecular weight is 440 g/mol. The lowest BCUT2D eigenvalue weighted by atomic mass is 10.2. The third kappa shape index (κ3) is 5.33. The van der Waals surface area contributed by atoms with E-state index in [2.05, 4.69) is 10.4 Å². The number of amides is 1. The van der Waals surface area contributed by atoms with Gasteiger partial charge in [0.05, 0.1) is 17.4 Å². The molecule has 1 heterocycles. The Morgan fingerprint density at radius 3 is 2.59 bits per heavy atom. The molecular formula is C20H17ClF3N3OS. The van der Waals surface area contributed by atoms with Gasteiger partial charge in [0, 0.05) is 22.2 Å². The Kier molecular flexibility index (Phi) is 6.54. The molecule has 0 radical (unpaired) electrons. The molecule has 152 valence electrons. The van der Waals surface area contributed by atoms with Crippen LogP contribution in [0.25, 0.3) is 5.69 Å². The van der Waals surface area contributed by atoms with Crippen LogP contribution in [0.4, 0.5) is 13.2 Å². The molecule has 4 nitrogen and oxygen atoms in total. The van der Waals surface area contributed by atoms with Crippen molar-refractivity contribution in [2.45, 2.75) is 18.0 Å². The van der Waals surface area contributed by atoms with Crippen molar-refractivity contribution in [3.63, 3.8) is 0 Å². The Labute approximate surface area is 175 Å². The maximum atomic E-state index is 13.7. The zero-order valence-corrected chi connectivity index (χ0v) is 16.9. The Hall–Kier alpha value is -2.45. The molecule has 0 aliphatic rings. The molecule has 0 unspecified atom stereocenters. The van der Waals surface area contributed by atoms with Crippen molar-refractivity contribution in [3.05, 3.63) is 76.6 Å². The van der Waals surface area contributed by atoms with Gasteiger partial charge >= 0.3 is 6.18 Å². The van der Waals surface area contributed by atoms with Gasteiger partial charge in [-0.3, -0.25) is 4.79 Å². The first kappa shape index (κ1) is 21.3. The quantitative estimate of drug-likeness (QED) is 0.414. The summed E-state index contributed by atoms with van der Waals surface area (Å²) in [5, 5.41) is 6.57. The fourth-order valence-corrected chi connectivity index (χ4v) is 3.61. The predicted octanol–water partition coefficient (Wildman–Crippen LogP) is 5.38. The van der Waals surface area contributed by atoms with Gasteiger partial charge in [0.15, 0.2) is 5.69 Å². The number of benzene rings is 2. The molecule has 3 aromatic rings. The Balaban J connectivity index is 1.72. The molecule has 0 saturated carbocycles. The molecule has 1 aromatic heterocycles. The molecule has 3 rings (SSSR count). The van der Waals surface area contributed by atoms with E-state index in [1.165, 1.54) is 30.0 Å². The van der Waals surface area contributed by atoms with Gasteiger partial charge in [0.2, 0.25) is 0 Å². The van der Waals surface area contributed by atoms with Crippen molar-refractivity contribution in [3.8, 4) is 5.69 Å². The highest BCUT2D eigenvalue weighted by molar-refractivity contribution is 7.99. The maximum absolute atomic E-state index is 13.7. The van der Waals surface area contributed by atoms with E-state index < -0.39 is 23.3 Å². The van der Waals surface area contributed by atoms with Crippen LogP contribution in [0, 0.1) is 6.92 Å². The van der Waals surface area contributed by atoms with Crippen LogP contribution in [0.15, 0.2) is 59.6 Å². The Morgan fingerprint density at radius 2 is 1.93 bits per heavy atom. The van der Waals surface area contributed by atoms with E-state index in [9.17, 15) is 18.0 Å². The summed E-state index contributed by atoms with van der Waals surface area (Å²) in [6, 6.07) is 13.7. The Morgan fingerprint density at radius 1 is 1.21 bits per heavy atom. The number of nitrogens with zero attached hydrogens (tertiary/aromatic N) is 2. The van der Waals surface area contributed by atoms with E-state index in [0.717, 1.165) is 16.7 Å². The summed E-state index contributed by atoms with van der Waals surface area (Å²) < 4.78 is 41.6. The summed E-state index contributed by atoms with van der Waals surface area (Å²) in [6.45, 7) is 2.20. The number of nitrogens with one attached hydrogen (secondary N) is 1. The van der Waals surface area contributed by atoms with Gasteiger partial charge in [0.1, 0.15) is 0 Å². The molecule has 0 bridgehead atoms. The average Bonchev–Trinajstić information content (AvgIpc) is 3.12. The van der Waals surface area contributed by atoms with Crippen molar-refractivity contribution in [1.82, 2.24) is 15.1 Å². The van der Waals surface area contributed by atoms with Crippen LogP contribution in [0.1, 0.15) is 21.6 Å². The van der Waals surface area contributed by atoms with Gasteiger partial charge in [-0.05, 0) is 37.3 Å². The van der Waals surface area contributed by atoms with Crippen molar-refractivity contribution in [1.29, 1.82) is 0 Å². The van der Waals surface area contributed by atoms with Gasteiger partial charge in [-0.15, -0.1) is 11.8 Å². The number of aromatic nitrogens is 2. The van der Waals surface area contributed by atoms with Crippen molar-refractivity contribution in [2.75, 3.05) is 12.3 Å². The van der Waals surface area contributed by atoms with E-state index in [0.29, 0.717) is 10.4 Å². The molecule has 0 aliphatic carbocycles. The SMILES string of the molecule is Cc1ccc(SCCNC(=O)c2cnn(-c3cccc(Cl)c3)c2C(F)(F)F)cc1. The third-order valence-corrected chi connectivity index (χ3v) is 5.26. The van der Waals surface area contributed by atoms with Gasteiger partial charge in [0.25, 0.3) is 5.91 Å². The molecule has 2 aromatic carbocycles. The summed E-state index contributed by atoms with van der Waals surface area (Å²) in [5.41, 5.74) is -0.404. The number of aryl methyl sites for hydroxylation is 1. The normalized spacial score (nSPS) is 11.5. The third-order valence-electron chi connectivity index (χ3n) is 4.01. The van der Waals surface area contributed by atoms with Gasteiger partial charge < -0.3 is 5.32 Å². The van der Waals surface area contributed by atoms with Crippen LogP contribution in [0.2, 0.25) is 5.02 Å². The molecule has 0 atom stereocenters. The van der Waals surface area contributed by atoms with Crippen LogP contribution in [-0.2, 0) is 6.18 Å². The number of halogens is 4. The lowest BCUT2D eigenvalue weighted by molar-refractivity contribution is -0.143. The first-order chi connectivity index (χ1) is 13.8.